The number of non-ortho nitro benzene ring substituents is 1. The van der Waals surface area contributed by atoms with Crippen molar-refractivity contribution >= 4 is 17.3 Å². The topological polar surface area (TPSA) is 85.4 Å². The highest BCUT2D eigenvalue weighted by Gasteiger charge is 2.14. The predicted octanol–water partition coefficient (Wildman–Crippen LogP) is 3.92. The van der Waals surface area contributed by atoms with E-state index in [1.165, 1.54) is 43.5 Å². The Hall–Kier alpha value is -2.78. The van der Waals surface area contributed by atoms with Crippen LogP contribution in [0.1, 0.15) is 5.56 Å². The number of hydrogen-bond acceptors (Lipinski definition) is 5. The molecule has 0 fully saturated rings. The van der Waals surface area contributed by atoms with Crippen LogP contribution in [0, 0.1) is 21.4 Å². The van der Waals surface area contributed by atoms with Crippen molar-refractivity contribution in [2.75, 3.05) is 7.11 Å². The molecule has 6 nitrogen and oxygen atoms in total. The molecule has 0 amide bonds. The van der Waals surface area contributed by atoms with Crippen LogP contribution in [0.3, 0.4) is 0 Å². The summed E-state index contributed by atoms with van der Waals surface area (Å²) in [4.78, 5) is 10.3. The molecule has 0 aliphatic rings. The minimum atomic E-state index is -0.535. The Labute approximate surface area is 125 Å². The second-order valence-corrected chi connectivity index (χ2v) is 4.36. The minimum absolute atomic E-state index is 0.129. The van der Waals surface area contributed by atoms with Crippen LogP contribution < -0.4 is 9.47 Å². The standard InChI is InChI=1S/C14H9ClN2O4/c1-20-13-5-3-10(17(18)19)7-14(13)21-12-4-2-9(8-16)6-11(12)15/h2-7H,1H3. The molecule has 0 unspecified atom stereocenters. The lowest BCUT2D eigenvalue weighted by molar-refractivity contribution is -0.384. The van der Waals surface area contributed by atoms with Crippen LogP contribution in [-0.2, 0) is 0 Å². The van der Waals surface area contributed by atoms with Crippen LogP contribution >= 0.6 is 11.6 Å². The summed E-state index contributed by atoms with van der Waals surface area (Å²) >= 11 is 6.01. The van der Waals surface area contributed by atoms with Crippen LogP contribution in [0.2, 0.25) is 5.02 Å². The zero-order valence-corrected chi connectivity index (χ0v) is 11.6. The Morgan fingerprint density at radius 2 is 1.90 bits per heavy atom. The molecular weight excluding hydrogens is 296 g/mol. The van der Waals surface area contributed by atoms with Gasteiger partial charge in [-0.3, -0.25) is 10.1 Å². The van der Waals surface area contributed by atoms with Crippen LogP contribution in [0.4, 0.5) is 5.69 Å². The third-order valence-corrected chi connectivity index (χ3v) is 2.93. The largest absolute Gasteiger partial charge is 0.493 e. The molecule has 0 aliphatic carbocycles. The molecule has 2 rings (SSSR count). The van der Waals surface area contributed by atoms with Crippen LogP contribution in [0.15, 0.2) is 36.4 Å². The number of nitrogens with zero attached hydrogens (tertiary/aromatic N) is 2. The van der Waals surface area contributed by atoms with Gasteiger partial charge in [-0.1, -0.05) is 11.6 Å². The molecule has 0 atom stereocenters. The molecule has 7 heteroatoms. The van der Waals surface area contributed by atoms with E-state index in [0.717, 1.165) is 0 Å². The maximum absolute atomic E-state index is 10.8. The van der Waals surface area contributed by atoms with Crippen molar-refractivity contribution in [3.63, 3.8) is 0 Å². The third kappa shape index (κ3) is 3.22. The zero-order chi connectivity index (χ0) is 15.4. The first-order valence-electron chi connectivity index (χ1n) is 5.75. The second kappa shape index (κ2) is 6.11. The van der Waals surface area contributed by atoms with Gasteiger partial charge in [0, 0.05) is 6.07 Å². The van der Waals surface area contributed by atoms with Gasteiger partial charge in [0.2, 0.25) is 0 Å². The number of halogens is 1. The number of nitro benzene ring substituents is 1. The van der Waals surface area contributed by atoms with E-state index in [9.17, 15) is 10.1 Å². The first-order chi connectivity index (χ1) is 10.0. The quantitative estimate of drug-likeness (QED) is 0.631. The highest BCUT2D eigenvalue weighted by atomic mass is 35.5. The molecule has 2 aromatic rings. The van der Waals surface area contributed by atoms with E-state index >= 15 is 0 Å². The lowest BCUT2D eigenvalue weighted by atomic mass is 10.2. The molecule has 0 aliphatic heterocycles. The molecule has 21 heavy (non-hydrogen) atoms. The van der Waals surface area contributed by atoms with Crippen LogP contribution in [0.25, 0.3) is 0 Å². The van der Waals surface area contributed by atoms with Crippen LogP contribution in [-0.4, -0.2) is 12.0 Å². The molecule has 0 N–H and O–H groups in total. The van der Waals surface area contributed by atoms with Crippen molar-refractivity contribution < 1.29 is 14.4 Å². The lowest BCUT2D eigenvalue weighted by Crippen LogP contribution is -1.94. The van der Waals surface area contributed by atoms with Gasteiger partial charge >= 0.3 is 0 Å². The van der Waals surface area contributed by atoms with Gasteiger partial charge < -0.3 is 9.47 Å². The van der Waals surface area contributed by atoms with Gasteiger partial charge in [0.15, 0.2) is 11.5 Å². The molecule has 0 saturated carbocycles. The lowest BCUT2D eigenvalue weighted by Gasteiger charge is -2.11. The van der Waals surface area contributed by atoms with E-state index in [1.54, 1.807) is 0 Å². The molecule has 0 saturated heterocycles. The number of nitro groups is 1. The van der Waals surface area contributed by atoms with Crippen LogP contribution in [0.5, 0.6) is 17.2 Å². The number of methoxy groups -OCH3 is 1. The molecule has 0 spiro atoms. The SMILES string of the molecule is COc1ccc([N+](=O)[O-])cc1Oc1ccc(C#N)cc1Cl. The maximum Gasteiger partial charge on any atom is 0.273 e. The summed E-state index contributed by atoms with van der Waals surface area (Å²) in [6.07, 6.45) is 0. The molecule has 0 radical (unpaired) electrons. The third-order valence-electron chi connectivity index (χ3n) is 2.64. The van der Waals surface area contributed by atoms with Gasteiger partial charge in [-0.15, -0.1) is 0 Å². The summed E-state index contributed by atoms with van der Waals surface area (Å²) in [7, 11) is 1.43. The van der Waals surface area contributed by atoms with Crippen molar-refractivity contribution in [3.8, 4) is 23.3 Å². The van der Waals surface area contributed by atoms with E-state index in [-0.39, 0.29) is 22.2 Å². The van der Waals surface area contributed by atoms with Gasteiger partial charge in [0.1, 0.15) is 5.75 Å². The van der Waals surface area contributed by atoms with Crippen molar-refractivity contribution in [2.24, 2.45) is 0 Å². The highest BCUT2D eigenvalue weighted by molar-refractivity contribution is 6.32. The highest BCUT2D eigenvalue weighted by Crippen LogP contribution is 2.37. The molecule has 2 aromatic carbocycles. The second-order valence-electron chi connectivity index (χ2n) is 3.95. The fraction of sp³-hybridized carbons (Fsp3) is 0.0714. The van der Waals surface area contributed by atoms with E-state index < -0.39 is 4.92 Å². The van der Waals surface area contributed by atoms with Crippen molar-refractivity contribution in [3.05, 3.63) is 57.1 Å². The fourth-order valence-corrected chi connectivity index (χ4v) is 1.85. The van der Waals surface area contributed by atoms with Crippen molar-refractivity contribution in [1.82, 2.24) is 0 Å². The van der Waals surface area contributed by atoms with Gasteiger partial charge in [-0.2, -0.15) is 5.26 Å². The normalized spacial score (nSPS) is 9.76. The average Bonchev–Trinajstić information content (AvgIpc) is 2.49. The Morgan fingerprint density at radius 3 is 2.48 bits per heavy atom. The summed E-state index contributed by atoms with van der Waals surface area (Å²) in [5.41, 5.74) is 0.258. The number of ether oxygens (including phenoxy) is 2. The average molecular weight is 305 g/mol. The van der Waals surface area contributed by atoms with E-state index in [4.69, 9.17) is 26.3 Å². The summed E-state index contributed by atoms with van der Waals surface area (Å²) < 4.78 is 10.6. The first kappa shape index (κ1) is 14.6. The first-order valence-corrected chi connectivity index (χ1v) is 6.13. The van der Waals surface area contributed by atoms with Gasteiger partial charge in [-0.25, -0.2) is 0 Å². The number of hydrogen-bond donors (Lipinski definition) is 0. The van der Waals surface area contributed by atoms with Gasteiger partial charge in [-0.05, 0) is 24.3 Å². The minimum Gasteiger partial charge on any atom is -0.493 e. The summed E-state index contributed by atoms with van der Waals surface area (Å²) in [6, 6.07) is 10.4. The van der Waals surface area contributed by atoms with Gasteiger partial charge in [0.25, 0.3) is 5.69 Å². The summed E-state index contributed by atoms with van der Waals surface area (Å²) in [5.74, 6) is 0.772. The summed E-state index contributed by atoms with van der Waals surface area (Å²) in [5, 5.41) is 19.8. The van der Waals surface area contributed by atoms with E-state index in [0.29, 0.717) is 11.3 Å². The van der Waals surface area contributed by atoms with E-state index in [2.05, 4.69) is 0 Å². The van der Waals surface area contributed by atoms with Crippen molar-refractivity contribution in [2.45, 2.75) is 0 Å². The Balaban J connectivity index is 2.40. The molecular formula is C14H9ClN2O4. The molecule has 106 valence electrons. The Kier molecular flexibility index (Phi) is 4.26. The fourth-order valence-electron chi connectivity index (χ4n) is 1.63. The monoisotopic (exact) mass is 304 g/mol. The molecule has 0 aromatic heterocycles. The predicted molar refractivity (Wildman–Crippen MR) is 75.9 cm³/mol. The van der Waals surface area contributed by atoms with Gasteiger partial charge in [0.05, 0.1) is 34.8 Å². The zero-order valence-electron chi connectivity index (χ0n) is 10.9. The number of benzene rings is 2. The smallest absolute Gasteiger partial charge is 0.273 e. The van der Waals surface area contributed by atoms with E-state index in [1.807, 2.05) is 6.07 Å². The Bertz CT molecular complexity index is 740. The number of rotatable bonds is 4. The maximum atomic E-state index is 10.8. The number of nitriles is 1. The molecule has 0 heterocycles. The summed E-state index contributed by atoms with van der Waals surface area (Å²) in [6.45, 7) is 0. The van der Waals surface area contributed by atoms with Crippen molar-refractivity contribution in [1.29, 1.82) is 5.26 Å². The molecule has 0 bridgehead atoms. The Morgan fingerprint density at radius 1 is 1.19 bits per heavy atom.